The van der Waals surface area contributed by atoms with Gasteiger partial charge in [-0.25, -0.2) is 14.4 Å². The molecule has 9 nitrogen and oxygen atoms in total. The van der Waals surface area contributed by atoms with E-state index in [0.717, 1.165) is 37.7 Å². The molecule has 1 saturated heterocycles. The Balaban J connectivity index is 1.28. The van der Waals surface area contributed by atoms with Crippen LogP contribution in [-0.4, -0.2) is 55.1 Å². The van der Waals surface area contributed by atoms with Gasteiger partial charge in [-0.1, -0.05) is 62.4 Å². The van der Waals surface area contributed by atoms with Gasteiger partial charge in [0.2, 0.25) is 0 Å². The van der Waals surface area contributed by atoms with Gasteiger partial charge in [0.05, 0.1) is 7.11 Å². The van der Waals surface area contributed by atoms with Crippen LogP contribution in [0, 0.1) is 23.7 Å². The number of rotatable bonds is 9. The number of nitrogens with zero attached hydrogens (tertiary/aromatic N) is 1. The number of Topliss-reactive ketones (excluding diaryl/α,β-unsaturated/α-hetero) is 1. The molecule has 3 atom stereocenters. The van der Waals surface area contributed by atoms with Crippen molar-refractivity contribution in [2.75, 3.05) is 25.6 Å². The van der Waals surface area contributed by atoms with E-state index in [9.17, 15) is 19.2 Å². The molecule has 3 unspecified atom stereocenters. The van der Waals surface area contributed by atoms with Gasteiger partial charge < -0.3 is 14.2 Å². The number of benzene rings is 2. The van der Waals surface area contributed by atoms with E-state index >= 15 is 0 Å². The van der Waals surface area contributed by atoms with Gasteiger partial charge in [0.15, 0.2) is 12.4 Å². The molecule has 1 aliphatic heterocycles. The molecular formula is C33H40N2O7. The zero-order valence-electron chi connectivity index (χ0n) is 24.2. The number of ketones is 1. The molecule has 2 aromatic carbocycles. The van der Waals surface area contributed by atoms with Crippen molar-refractivity contribution in [2.24, 2.45) is 23.7 Å². The largest absolute Gasteiger partial charge is 0.456 e. The molecule has 3 aliphatic rings. The minimum atomic E-state index is -0.778. The molecule has 0 bridgehead atoms. The number of hydrogen-bond acceptors (Lipinski definition) is 7. The molecule has 3 fully saturated rings. The first kappa shape index (κ1) is 29.6. The van der Waals surface area contributed by atoms with Crippen LogP contribution in [0.5, 0.6) is 0 Å². The summed E-state index contributed by atoms with van der Waals surface area (Å²) in [6.07, 6.45) is 7.82. The van der Waals surface area contributed by atoms with Gasteiger partial charge in [-0.05, 0) is 72.8 Å². The van der Waals surface area contributed by atoms with Crippen molar-refractivity contribution in [3.05, 3.63) is 65.7 Å². The fourth-order valence-electron chi connectivity index (χ4n) is 6.58. The summed E-state index contributed by atoms with van der Waals surface area (Å²) in [7, 11) is 1.27. The van der Waals surface area contributed by atoms with Crippen molar-refractivity contribution < 1.29 is 33.4 Å². The molecule has 2 saturated carbocycles. The summed E-state index contributed by atoms with van der Waals surface area (Å²) in [5.74, 6) is 0.292. The Kier molecular flexibility index (Phi) is 9.77. The van der Waals surface area contributed by atoms with E-state index in [1.54, 1.807) is 29.2 Å². The fraction of sp³-hybridized carbons (Fsp3) is 0.515. The van der Waals surface area contributed by atoms with Crippen LogP contribution in [-0.2, 0) is 25.6 Å². The van der Waals surface area contributed by atoms with E-state index in [0.29, 0.717) is 35.5 Å². The molecule has 42 heavy (non-hydrogen) atoms. The number of likely N-dealkylation sites (tertiary alicyclic amines) is 1. The second kappa shape index (κ2) is 13.9. The summed E-state index contributed by atoms with van der Waals surface area (Å²) in [4.78, 5) is 53.2. The summed E-state index contributed by atoms with van der Waals surface area (Å²) in [6, 6.07) is 15.0. The number of hydrogen-bond donors (Lipinski definition) is 1. The maximum Gasteiger partial charge on any atom is 0.411 e. The molecule has 0 spiro atoms. The lowest BCUT2D eigenvalue weighted by Crippen LogP contribution is -2.57. The highest BCUT2D eigenvalue weighted by atomic mass is 16.6. The third-order valence-electron chi connectivity index (χ3n) is 8.96. The topological polar surface area (TPSA) is 111 Å². The molecule has 5 rings (SSSR count). The van der Waals surface area contributed by atoms with Crippen molar-refractivity contribution in [3.63, 3.8) is 0 Å². The first-order chi connectivity index (χ1) is 20.4. The smallest absolute Gasteiger partial charge is 0.411 e. The zero-order valence-corrected chi connectivity index (χ0v) is 24.2. The lowest BCUT2D eigenvalue weighted by atomic mass is 9.71. The number of amides is 2. The highest BCUT2D eigenvalue weighted by molar-refractivity contribution is 5.99. The molecule has 2 amide bonds. The fourth-order valence-corrected chi connectivity index (χ4v) is 6.58. The second-order valence-corrected chi connectivity index (χ2v) is 11.8. The Hall–Kier alpha value is -3.88. The molecule has 0 radical (unpaired) electrons. The quantitative estimate of drug-likeness (QED) is 0.214. The normalized spacial score (nSPS) is 22.6. The van der Waals surface area contributed by atoms with E-state index in [1.807, 2.05) is 30.3 Å². The Morgan fingerprint density at radius 1 is 0.833 bits per heavy atom. The van der Waals surface area contributed by atoms with E-state index in [4.69, 9.17) is 9.47 Å². The van der Waals surface area contributed by atoms with Crippen molar-refractivity contribution in [1.29, 1.82) is 0 Å². The van der Waals surface area contributed by atoms with Gasteiger partial charge in [0.25, 0.3) is 0 Å². The summed E-state index contributed by atoms with van der Waals surface area (Å²) in [5.41, 5.74) is 1.70. The Labute approximate surface area is 246 Å². The number of methoxy groups -OCH3 is 1. The molecule has 1 N–H and O–H groups in total. The summed E-state index contributed by atoms with van der Waals surface area (Å²) < 4.78 is 15.9. The van der Waals surface area contributed by atoms with Crippen LogP contribution in [0.4, 0.5) is 15.3 Å². The number of carbonyl (C=O) groups excluding carboxylic acids is 4. The molecule has 9 heteroatoms. The maximum atomic E-state index is 13.7. The standard InChI is InChI=1S/C33H40N2O7/c1-40-32(38)34-27-16-14-25(15-17-27)29(36)21-41-31(37)30-28(24-12-13-24)18-26(23-10-6-3-7-11-23)19-35(30)33(39)42-20-22-8-4-2-5-9-22/h2,4-5,8-9,14-17,23-24,26,28,30H,3,6-7,10-13,18-21H2,1H3,(H,34,38). The highest BCUT2D eigenvalue weighted by Gasteiger charge is 2.51. The lowest BCUT2D eigenvalue weighted by Gasteiger charge is -2.45. The SMILES string of the molecule is COC(=O)Nc1ccc(C(=O)COC(=O)C2C(C3CC3)CC(C3CCCCC3)CN2C(=O)OCc2ccccc2)cc1. The summed E-state index contributed by atoms with van der Waals surface area (Å²) in [5, 5.41) is 2.53. The molecule has 2 aromatic rings. The molecular weight excluding hydrogens is 536 g/mol. The van der Waals surface area contributed by atoms with Gasteiger partial charge in [-0.15, -0.1) is 0 Å². The second-order valence-electron chi connectivity index (χ2n) is 11.8. The number of ether oxygens (including phenoxy) is 3. The van der Waals surface area contributed by atoms with Crippen LogP contribution in [0.15, 0.2) is 54.6 Å². The number of carbonyl (C=O) groups is 4. The number of anilines is 1. The summed E-state index contributed by atoms with van der Waals surface area (Å²) >= 11 is 0. The van der Waals surface area contributed by atoms with Gasteiger partial charge in [-0.3, -0.25) is 15.0 Å². The van der Waals surface area contributed by atoms with Crippen molar-refractivity contribution in [1.82, 2.24) is 4.90 Å². The van der Waals surface area contributed by atoms with Gasteiger partial charge in [0, 0.05) is 17.8 Å². The Morgan fingerprint density at radius 2 is 1.55 bits per heavy atom. The number of esters is 1. The molecule has 1 heterocycles. The van der Waals surface area contributed by atoms with Crippen molar-refractivity contribution in [2.45, 2.75) is 64.0 Å². The van der Waals surface area contributed by atoms with Gasteiger partial charge in [0.1, 0.15) is 12.6 Å². The summed E-state index contributed by atoms with van der Waals surface area (Å²) in [6.45, 7) is 0.152. The zero-order chi connectivity index (χ0) is 29.5. The van der Waals surface area contributed by atoms with Gasteiger partial charge >= 0.3 is 18.2 Å². The maximum absolute atomic E-state index is 13.7. The molecule has 2 aliphatic carbocycles. The third kappa shape index (κ3) is 7.49. The predicted molar refractivity (Wildman–Crippen MR) is 156 cm³/mol. The van der Waals surface area contributed by atoms with Gasteiger partial charge in [-0.2, -0.15) is 0 Å². The first-order valence-corrected chi connectivity index (χ1v) is 15.0. The third-order valence-corrected chi connectivity index (χ3v) is 8.96. The van der Waals surface area contributed by atoms with Crippen LogP contribution in [0.2, 0.25) is 0 Å². The average Bonchev–Trinajstić information content (AvgIpc) is 3.89. The van der Waals surface area contributed by atoms with E-state index in [1.165, 1.54) is 26.4 Å². The highest BCUT2D eigenvalue weighted by Crippen LogP contribution is 2.48. The average molecular weight is 577 g/mol. The lowest BCUT2D eigenvalue weighted by molar-refractivity contribution is -0.154. The number of piperidine rings is 1. The minimum absolute atomic E-state index is 0.0127. The first-order valence-electron chi connectivity index (χ1n) is 15.0. The van der Waals surface area contributed by atoms with E-state index in [-0.39, 0.29) is 18.3 Å². The van der Waals surface area contributed by atoms with Crippen molar-refractivity contribution in [3.8, 4) is 0 Å². The molecule has 0 aromatic heterocycles. The van der Waals surface area contributed by atoms with Crippen LogP contribution in [0.1, 0.15) is 67.3 Å². The van der Waals surface area contributed by atoms with Crippen LogP contribution >= 0.6 is 0 Å². The predicted octanol–water partition coefficient (Wildman–Crippen LogP) is 6.22. The molecule has 224 valence electrons. The van der Waals surface area contributed by atoms with Crippen LogP contribution < -0.4 is 5.32 Å². The Bertz CT molecular complexity index is 1240. The van der Waals surface area contributed by atoms with Crippen LogP contribution in [0.25, 0.3) is 0 Å². The monoisotopic (exact) mass is 576 g/mol. The Morgan fingerprint density at radius 3 is 2.21 bits per heavy atom. The van der Waals surface area contributed by atoms with E-state index < -0.39 is 30.8 Å². The van der Waals surface area contributed by atoms with Crippen molar-refractivity contribution >= 4 is 29.6 Å². The minimum Gasteiger partial charge on any atom is -0.456 e. The van der Waals surface area contributed by atoms with E-state index in [2.05, 4.69) is 10.1 Å². The van der Waals surface area contributed by atoms with Crippen LogP contribution in [0.3, 0.4) is 0 Å². The number of nitrogens with one attached hydrogen (secondary N) is 1.